The molecule has 2 heterocycles. The van der Waals surface area contributed by atoms with Crippen LogP contribution in [0, 0.1) is 5.82 Å². The summed E-state index contributed by atoms with van der Waals surface area (Å²) in [6.07, 6.45) is 0.361. The Labute approximate surface area is 192 Å². The van der Waals surface area contributed by atoms with Gasteiger partial charge in [-0.2, -0.15) is 0 Å². The normalized spacial score (nSPS) is 17.2. The Morgan fingerprint density at radius 1 is 1.21 bits per heavy atom. The molecule has 2 aromatic rings. The number of carboxylic acids is 1. The van der Waals surface area contributed by atoms with Crippen LogP contribution < -0.4 is 0 Å². The average molecular weight is 478 g/mol. The molecule has 0 spiro atoms. The number of hydrogen-bond acceptors (Lipinski definition) is 6. The molecular formula is C24H28FNO6S. The Morgan fingerprint density at radius 2 is 1.88 bits per heavy atom. The SMILES string of the molecule is CC(C)c1nc2c(c(-c3ccc(F)cc3)c1C=C[C@@H](O)C[C@@H](O)CC(=O)O)CS(=O)(=O)CC2. The molecule has 7 nitrogen and oxygen atoms in total. The fraction of sp³-hybridized carbons (Fsp3) is 0.417. The maximum Gasteiger partial charge on any atom is 0.305 e. The van der Waals surface area contributed by atoms with Crippen LogP contribution in [0.4, 0.5) is 4.39 Å². The van der Waals surface area contributed by atoms with Crippen molar-refractivity contribution in [3.63, 3.8) is 0 Å². The van der Waals surface area contributed by atoms with Gasteiger partial charge in [-0.3, -0.25) is 9.78 Å². The largest absolute Gasteiger partial charge is 0.481 e. The van der Waals surface area contributed by atoms with Gasteiger partial charge in [0.15, 0.2) is 9.84 Å². The van der Waals surface area contributed by atoms with E-state index in [0.717, 1.165) is 0 Å². The average Bonchev–Trinajstić information content (AvgIpc) is 2.70. The summed E-state index contributed by atoms with van der Waals surface area (Å²) in [4.78, 5) is 15.5. The molecule has 0 bridgehead atoms. The van der Waals surface area contributed by atoms with Gasteiger partial charge < -0.3 is 15.3 Å². The molecule has 0 unspecified atom stereocenters. The topological polar surface area (TPSA) is 125 Å². The lowest BCUT2D eigenvalue weighted by Gasteiger charge is -2.25. The number of rotatable bonds is 8. The number of aliphatic hydroxyl groups is 2. The number of carbonyl (C=O) groups is 1. The van der Waals surface area contributed by atoms with E-state index in [9.17, 15) is 27.8 Å². The van der Waals surface area contributed by atoms with Gasteiger partial charge in [0.05, 0.1) is 35.8 Å². The Kier molecular flexibility index (Phi) is 7.66. The smallest absolute Gasteiger partial charge is 0.305 e. The molecule has 3 rings (SSSR count). The van der Waals surface area contributed by atoms with Gasteiger partial charge in [-0.1, -0.05) is 38.1 Å². The Balaban J connectivity index is 2.14. The number of aryl methyl sites for hydroxylation is 1. The highest BCUT2D eigenvalue weighted by Crippen LogP contribution is 2.38. The van der Waals surface area contributed by atoms with E-state index in [2.05, 4.69) is 0 Å². The lowest BCUT2D eigenvalue weighted by molar-refractivity contribution is -0.139. The number of hydrogen-bond donors (Lipinski definition) is 3. The fourth-order valence-electron chi connectivity index (χ4n) is 4.02. The zero-order valence-electron chi connectivity index (χ0n) is 18.5. The molecule has 1 aromatic heterocycles. The van der Waals surface area contributed by atoms with E-state index in [1.54, 1.807) is 18.2 Å². The number of halogens is 1. The fourth-order valence-corrected chi connectivity index (χ4v) is 5.42. The van der Waals surface area contributed by atoms with Crippen LogP contribution in [0.1, 0.15) is 55.1 Å². The van der Waals surface area contributed by atoms with Gasteiger partial charge in [-0.05, 0) is 34.7 Å². The summed E-state index contributed by atoms with van der Waals surface area (Å²) in [5.41, 5.74) is 3.84. The van der Waals surface area contributed by atoms with Crippen molar-refractivity contribution in [3.05, 3.63) is 58.7 Å². The predicted octanol–water partition coefficient (Wildman–Crippen LogP) is 3.08. The number of aliphatic carboxylic acids is 1. The molecule has 0 radical (unpaired) electrons. The quantitative estimate of drug-likeness (QED) is 0.534. The molecule has 1 aliphatic rings. The third-order valence-electron chi connectivity index (χ3n) is 5.55. The van der Waals surface area contributed by atoms with Crippen molar-refractivity contribution in [2.24, 2.45) is 0 Å². The molecule has 178 valence electrons. The van der Waals surface area contributed by atoms with E-state index in [1.165, 1.54) is 18.2 Å². The lowest BCUT2D eigenvalue weighted by atomic mass is 9.88. The van der Waals surface area contributed by atoms with Gasteiger partial charge in [0.25, 0.3) is 0 Å². The van der Waals surface area contributed by atoms with Gasteiger partial charge >= 0.3 is 5.97 Å². The number of pyridine rings is 1. The molecule has 0 saturated carbocycles. The summed E-state index contributed by atoms with van der Waals surface area (Å²) in [6.45, 7) is 3.90. The van der Waals surface area contributed by atoms with Crippen LogP contribution in [-0.2, 0) is 26.8 Å². The van der Waals surface area contributed by atoms with Crippen molar-refractivity contribution in [2.45, 2.75) is 57.0 Å². The maximum atomic E-state index is 13.6. The molecule has 1 aromatic carbocycles. The number of benzene rings is 1. The zero-order chi connectivity index (χ0) is 24.3. The second kappa shape index (κ2) is 10.1. The van der Waals surface area contributed by atoms with Crippen LogP contribution in [0.15, 0.2) is 30.3 Å². The van der Waals surface area contributed by atoms with E-state index < -0.39 is 40.3 Å². The van der Waals surface area contributed by atoms with Gasteiger partial charge in [-0.25, -0.2) is 12.8 Å². The molecule has 0 fully saturated rings. The van der Waals surface area contributed by atoms with Crippen molar-refractivity contribution in [1.82, 2.24) is 4.98 Å². The summed E-state index contributed by atoms with van der Waals surface area (Å²) in [7, 11) is -3.32. The van der Waals surface area contributed by atoms with Crippen molar-refractivity contribution in [2.75, 3.05) is 5.75 Å². The summed E-state index contributed by atoms with van der Waals surface area (Å²) < 4.78 is 38.5. The maximum absolute atomic E-state index is 13.6. The first-order valence-corrected chi connectivity index (χ1v) is 12.6. The second-order valence-corrected chi connectivity index (χ2v) is 10.8. The first kappa shape index (κ1) is 25.0. The molecule has 2 atom stereocenters. The number of carboxylic acid groups (broad SMARTS) is 1. The zero-order valence-corrected chi connectivity index (χ0v) is 19.3. The van der Waals surface area contributed by atoms with Crippen LogP contribution >= 0.6 is 0 Å². The Morgan fingerprint density at radius 3 is 2.48 bits per heavy atom. The van der Waals surface area contributed by atoms with E-state index in [1.807, 2.05) is 13.8 Å². The number of aromatic nitrogens is 1. The van der Waals surface area contributed by atoms with Gasteiger partial charge in [0.1, 0.15) is 5.82 Å². The van der Waals surface area contributed by atoms with Crippen molar-refractivity contribution >= 4 is 21.9 Å². The van der Waals surface area contributed by atoms with Crippen LogP contribution in [0.2, 0.25) is 0 Å². The highest BCUT2D eigenvalue weighted by atomic mass is 32.2. The Hall–Kier alpha value is -2.62. The molecular weight excluding hydrogens is 449 g/mol. The standard InChI is InChI=1S/C24H28FNO6S/c1-14(2)24-19(8-7-17(27)11-18(28)12-22(29)30)23(15-3-5-16(25)6-4-15)20-13-33(31,32)10-9-21(20)26-24/h3-8,14,17-18,27-28H,9-13H2,1-2H3,(H,29,30)/t17-,18-/m1/s1. The summed E-state index contributed by atoms with van der Waals surface area (Å²) in [5.74, 6) is -1.77. The predicted molar refractivity (Wildman–Crippen MR) is 123 cm³/mol. The number of aliphatic hydroxyl groups excluding tert-OH is 2. The molecule has 33 heavy (non-hydrogen) atoms. The highest BCUT2D eigenvalue weighted by Gasteiger charge is 2.29. The molecule has 3 N–H and O–H groups in total. The molecule has 0 amide bonds. The summed E-state index contributed by atoms with van der Waals surface area (Å²) in [5, 5.41) is 28.9. The van der Waals surface area contributed by atoms with Crippen molar-refractivity contribution < 1.29 is 32.9 Å². The lowest BCUT2D eigenvalue weighted by Crippen LogP contribution is -2.23. The number of nitrogens with zero attached hydrogens (tertiary/aromatic N) is 1. The van der Waals surface area contributed by atoms with Gasteiger partial charge in [-0.15, -0.1) is 0 Å². The molecule has 9 heteroatoms. The van der Waals surface area contributed by atoms with E-state index >= 15 is 0 Å². The van der Waals surface area contributed by atoms with Crippen LogP contribution in [0.5, 0.6) is 0 Å². The van der Waals surface area contributed by atoms with Crippen molar-refractivity contribution in [1.29, 1.82) is 0 Å². The second-order valence-electron chi connectivity index (χ2n) is 8.63. The van der Waals surface area contributed by atoms with Crippen LogP contribution in [0.3, 0.4) is 0 Å². The molecule has 0 saturated heterocycles. The van der Waals surface area contributed by atoms with Crippen molar-refractivity contribution in [3.8, 4) is 11.1 Å². The first-order chi connectivity index (χ1) is 15.5. The van der Waals surface area contributed by atoms with E-state index in [0.29, 0.717) is 40.1 Å². The number of sulfone groups is 1. The minimum atomic E-state index is -3.32. The van der Waals surface area contributed by atoms with Gasteiger partial charge in [0, 0.05) is 24.1 Å². The molecule has 0 aliphatic carbocycles. The highest BCUT2D eigenvalue weighted by molar-refractivity contribution is 7.90. The third kappa shape index (κ3) is 6.25. The number of fused-ring (bicyclic) bond motifs is 1. The van der Waals surface area contributed by atoms with Crippen LogP contribution in [0.25, 0.3) is 17.2 Å². The van der Waals surface area contributed by atoms with E-state index in [-0.39, 0.29) is 23.8 Å². The first-order valence-electron chi connectivity index (χ1n) is 10.7. The minimum absolute atomic E-state index is 0.0166. The third-order valence-corrected chi connectivity index (χ3v) is 7.11. The van der Waals surface area contributed by atoms with Crippen LogP contribution in [-0.4, -0.2) is 52.7 Å². The molecule has 1 aliphatic heterocycles. The Bertz CT molecular complexity index is 1160. The summed E-state index contributed by atoms with van der Waals surface area (Å²) in [6, 6.07) is 5.78. The van der Waals surface area contributed by atoms with E-state index in [4.69, 9.17) is 10.1 Å². The summed E-state index contributed by atoms with van der Waals surface area (Å²) >= 11 is 0. The minimum Gasteiger partial charge on any atom is -0.481 e. The van der Waals surface area contributed by atoms with Gasteiger partial charge in [0.2, 0.25) is 0 Å². The monoisotopic (exact) mass is 477 g/mol.